The lowest BCUT2D eigenvalue weighted by molar-refractivity contribution is -0.138. The van der Waals surface area contributed by atoms with Crippen LogP contribution in [-0.2, 0) is 16.1 Å². The van der Waals surface area contributed by atoms with Gasteiger partial charge in [0.05, 0.1) is 17.8 Å². The van der Waals surface area contributed by atoms with Crippen molar-refractivity contribution in [2.45, 2.75) is 6.54 Å². The molecule has 2 aromatic carbocycles. The van der Waals surface area contributed by atoms with E-state index in [1.54, 1.807) is 30.5 Å². The second kappa shape index (κ2) is 8.86. The third kappa shape index (κ3) is 4.09. The van der Waals surface area contributed by atoms with Crippen molar-refractivity contribution in [1.82, 2.24) is 14.8 Å². The van der Waals surface area contributed by atoms with Crippen LogP contribution in [0, 0.1) is 5.82 Å². The van der Waals surface area contributed by atoms with Crippen molar-refractivity contribution in [1.29, 1.82) is 0 Å². The quantitative estimate of drug-likeness (QED) is 0.568. The Morgan fingerprint density at radius 3 is 2.09 bits per heavy atom. The number of carbonyl (C=O) groups is 2. The normalized spacial score (nSPS) is 16.7. The van der Waals surface area contributed by atoms with Crippen LogP contribution < -0.4 is 4.90 Å². The van der Waals surface area contributed by atoms with Gasteiger partial charge in [-0.25, -0.2) is 4.39 Å². The Hall–Kier alpha value is -4.00. The number of para-hydroxylation sites is 1. The second-order valence-electron chi connectivity index (χ2n) is 8.06. The fraction of sp³-hybridized carbons (Fsp3) is 0.192. The topological polar surface area (TPSA) is 56.8 Å². The molecule has 33 heavy (non-hydrogen) atoms. The first kappa shape index (κ1) is 20.9. The molecule has 5 rings (SSSR count). The molecule has 0 bridgehead atoms. The van der Waals surface area contributed by atoms with Crippen molar-refractivity contribution in [2.75, 3.05) is 31.1 Å². The molecule has 1 saturated heterocycles. The summed E-state index contributed by atoms with van der Waals surface area (Å²) in [5.41, 5.74) is 3.02. The molecule has 0 N–H and O–H groups in total. The molecule has 1 aromatic heterocycles. The summed E-state index contributed by atoms with van der Waals surface area (Å²) in [6, 6.07) is 21.3. The predicted molar refractivity (Wildman–Crippen MR) is 123 cm³/mol. The van der Waals surface area contributed by atoms with E-state index in [1.165, 1.54) is 17.0 Å². The number of amides is 2. The van der Waals surface area contributed by atoms with Gasteiger partial charge < -0.3 is 9.80 Å². The molecular weight excluding hydrogens is 419 g/mol. The minimum absolute atomic E-state index is 0.0939. The zero-order valence-corrected chi connectivity index (χ0v) is 18.0. The van der Waals surface area contributed by atoms with Crippen molar-refractivity contribution in [3.63, 3.8) is 0 Å². The molecule has 0 spiro atoms. The summed E-state index contributed by atoms with van der Waals surface area (Å²) in [6.07, 6.45) is 1.64. The lowest BCUT2D eigenvalue weighted by Crippen LogP contribution is -2.47. The van der Waals surface area contributed by atoms with Gasteiger partial charge in [0.25, 0.3) is 11.8 Å². The molecule has 2 aliphatic rings. The molecule has 1 fully saturated rings. The molecule has 0 unspecified atom stereocenters. The van der Waals surface area contributed by atoms with Gasteiger partial charge in [0.15, 0.2) is 0 Å². The van der Waals surface area contributed by atoms with E-state index in [0.29, 0.717) is 35.6 Å². The number of carbonyl (C=O) groups excluding carboxylic acids is 2. The van der Waals surface area contributed by atoms with Gasteiger partial charge in [0, 0.05) is 38.1 Å². The number of benzene rings is 2. The Morgan fingerprint density at radius 1 is 0.758 bits per heavy atom. The van der Waals surface area contributed by atoms with E-state index < -0.39 is 0 Å². The Bertz CT molecular complexity index is 1190. The van der Waals surface area contributed by atoms with Crippen molar-refractivity contribution in [3.8, 4) is 0 Å². The van der Waals surface area contributed by atoms with Gasteiger partial charge in [0.1, 0.15) is 11.5 Å². The molecule has 166 valence electrons. The van der Waals surface area contributed by atoms with E-state index in [2.05, 4.69) is 22.0 Å². The number of pyridine rings is 1. The number of hydrogen-bond donors (Lipinski definition) is 0. The van der Waals surface area contributed by atoms with E-state index >= 15 is 0 Å². The average molecular weight is 442 g/mol. The van der Waals surface area contributed by atoms with Gasteiger partial charge in [-0.1, -0.05) is 36.4 Å². The van der Waals surface area contributed by atoms with E-state index in [0.717, 1.165) is 18.8 Å². The fourth-order valence-corrected chi connectivity index (χ4v) is 4.36. The van der Waals surface area contributed by atoms with Crippen LogP contribution in [0.5, 0.6) is 0 Å². The summed E-state index contributed by atoms with van der Waals surface area (Å²) in [7, 11) is 0. The Morgan fingerprint density at radius 2 is 1.42 bits per heavy atom. The van der Waals surface area contributed by atoms with Crippen LogP contribution in [0.3, 0.4) is 0 Å². The number of anilines is 1. The van der Waals surface area contributed by atoms with E-state index in [1.807, 2.05) is 29.2 Å². The summed E-state index contributed by atoms with van der Waals surface area (Å²) < 4.78 is 13.6. The second-order valence-corrected chi connectivity index (χ2v) is 8.06. The number of rotatable bonds is 5. The number of hydrogen-bond acceptors (Lipinski definition) is 5. The van der Waals surface area contributed by atoms with Gasteiger partial charge in [-0.15, -0.1) is 0 Å². The first-order valence-corrected chi connectivity index (χ1v) is 10.9. The number of imide groups is 1. The highest BCUT2D eigenvalue weighted by molar-refractivity contribution is 6.35. The van der Waals surface area contributed by atoms with Gasteiger partial charge in [-0.2, -0.15) is 0 Å². The van der Waals surface area contributed by atoms with Crippen LogP contribution in [0.2, 0.25) is 0 Å². The average Bonchev–Trinajstić information content (AvgIpc) is 3.11. The Labute approximate surface area is 191 Å². The lowest BCUT2D eigenvalue weighted by Gasteiger charge is -2.37. The first-order valence-electron chi connectivity index (χ1n) is 10.9. The highest BCUT2D eigenvalue weighted by Crippen LogP contribution is 2.33. The molecular formula is C26H23FN4O2. The lowest BCUT2D eigenvalue weighted by atomic mass is 10.0. The zero-order chi connectivity index (χ0) is 22.8. The summed E-state index contributed by atoms with van der Waals surface area (Å²) in [6.45, 7) is 2.76. The van der Waals surface area contributed by atoms with E-state index in [9.17, 15) is 14.0 Å². The SMILES string of the molecule is O=C1C(c2ccc(F)cc2)=C(N2CCN(c3ccccc3)CC2)C(=O)N1Cc1ccccn1. The molecule has 6 nitrogen and oxygen atoms in total. The molecule has 7 heteroatoms. The number of halogens is 1. The minimum atomic E-state index is -0.389. The smallest absolute Gasteiger partial charge is 0.278 e. The third-order valence-corrected chi connectivity index (χ3v) is 6.04. The van der Waals surface area contributed by atoms with Crippen LogP contribution in [0.4, 0.5) is 10.1 Å². The maximum atomic E-state index is 13.6. The first-order chi connectivity index (χ1) is 16.1. The van der Waals surface area contributed by atoms with Gasteiger partial charge >= 0.3 is 0 Å². The largest absolute Gasteiger partial charge is 0.368 e. The third-order valence-electron chi connectivity index (χ3n) is 6.04. The molecule has 3 heterocycles. The maximum Gasteiger partial charge on any atom is 0.278 e. The van der Waals surface area contributed by atoms with Crippen molar-refractivity contribution in [3.05, 3.63) is 102 Å². The number of piperazine rings is 1. The molecule has 0 aliphatic carbocycles. The van der Waals surface area contributed by atoms with Gasteiger partial charge in [-0.3, -0.25) is 19.5 Å². The molecule has 0 saturated carbocycles. The van der Waals surface area contributed by atoms with E-state index in [4.69, 9.17) is 0 Å². The number of aromatic nitrogens is 1. The predicted octanol–water partition coefficient (Wildman–Crippen LogP) is 3.32. The summed E-state index contributed by atoms with van der Waals surface area (Å²) in [5, 5.41) is 0. The maximum absolute atomic E-state index is 13.6. The Kier molecular flexibility index (Phi) is 5.60. The van der Waals surface area contributed by atoms with Crippen LogP contribution in [0.25, 0.3) is 5.57 Å². The van der Waals surface area contributed by atoms with Gasteiger partial charge in [0.2, 0.25) is 0 Å². The zero-order valence-electron chi connectivity index (χ0n) is 18.0. The molecule has 0 atom stereocenters. The van der Waals surface area contributed by atoms with Gasteiger partial charge in [-0.05, 0) is 42.0 Å². The van der Waals surface area contributed by atoms with Crippen LogP contribution in [0.15, 0.2) is 84.7 Å². The summed E-state index contributed by atoms with van der Waals surface area (Å²) in [4.78, 5) is 36.7. The highest BCUT2D eigenvalue weighted by atomic mass is 19.1. The summed E-state index contributed by atoms with van der Waals surface area (Å²) >= 11 is 0. The fourth-order valence-electron chi connectivity index (χ4n) is 4.36. The van der Waals surface area contributed by atoms with Crippen molar-refractivity contribution >= 4 is 23.1 Å². The molecule has 3 aromatic rings. The monoisotopic (exact) mass is 442 g/mol. The van der Waals surface area contributed by atoms with E-state index in [-0.39, 0.29) is 24.2 Å². The molecule has 0 radical (unpaired) electrons. The van der Waals surface area contributed by atoms with Crippen molar-refractivity contribution in [2.24, 2.45) is 0 Å². The highest BCUT2D eigenvalue weighted by Gasteiger charge is 2.42. The molecule has 2 aliphatic heterocycles. The standard InChI is InChI=1S/C26H23FN4O2/c27-20-11-9-19(10-12-20)23-24(26(33)31(25(23)32)18-21-6-4-5-13-28-21)30-16-14-29(15-17-30)22-7-2-1-3-8-22/h1-13H,14-18H2. The van der Waals surface area contributed by atoms with Crippen molar-refractivity contribution < 1.29 is 14.0 Å². The van der Waals surface area contributed by atoms with Crippen LogP contribution in [0.1, 0.15) is 11.3 Å². The summed E-state index contributed by atoms with van der Waals surface area (Å²) in [5.74, 6) is -1.10. The van der Waals surface area contributed by atoms with Crippen LogP contribution >= 0.6 is 0 Å². The minimum Gasteiger partial charge on any atom is -0.368 e. The van der Waals surface area contributed by atoms with Crippen LogP contribution in [-0.4, -0.2) is 52.8 Å². The molecule has 2 amide bonds. The Balaban J connectivity index is 1.45. The number of nitrogens with zero attached hydrogens (tertiary/aromatic N) is 4.